The van der Waals surface area contributed by atoms with Crippen LogP contribution in [0.5, 0.6) is 5.75 Å². The summed E-state index contributed by atoms with van der Waals surface area (Å²) < 4.78 is 6.89. The van der Waals surface area contributed by atoms with E-state index in [-0.39, 0.29) is 11.0 Å². The van der Waals surface area contributed by atoms with Crippen molar-refractivity contribution in [3.63, 3.8) is 0 Å². The number of hydrogen-bond acceptors (Lipinski definition) is 3. The molecule has 1 aromatic heterocycles. The second-order valence-corrected chi connectivity index (χ2v) is 4.05. The van der Waals surface area contributed by atoms with Gasteiger partial charge >= 0.3 is 5.97 Å². The molecule has 1 heterocycles. The third kappa shape index (κ3) is 3.01. The van der Waals surface area contributed by atoms with Gasteiger partial charge in [0.1, 0.15) is 11.3 Å². The van der Waals surface area contributed by atoms with Crippen LogP contribution in [0.25, 0.3) is 0 Å². The molecule has 0 radical (unpaired) electrons. The normalized spacial score (nSPS) is 10.2. The van der Waals surface area contributed by atoms with E-state index in [9.17, 15) is 9.59 Å². The van der Waals surface area contributed by atoms with Crippen LogP contribution in [0.4, 0.5) is 0 Å². The third-order valence-electron chi connectivity index (χ3n) is 2.72. The first-order valence-corrected chi connectivity index (χ1v) is 5.66. The van der Waals surface area contributed by atoms with E-state index in [4.69, 9.17) is 9.84 Å². The van der Waals surface area contributed by atoms with E-state index < -0.39 is 5.97 Å². The van der Waals surface area contributed by atoms with Crippen molar-refractivity contribution in [1.82, 2.24) is 4.57 Å². The molecule has 0 saturated heterocycles. The number of rotatable bonds is 4. The van der Waals surface area contributed by atoms with Gasteiger partial charge in [-0.05, 0) is 17.7 Å². The van der Waals surface area contributed by atoms with Crippen LogP contribution in [0.3, 0.4) is 0 Å². The van der Waals surface area contributed by atoms with E-state index in [1.165, 1.54) is 25.3 Å². The van der Waals surface area contributed by atoms with Crippen LogP contribution in [0.2, 0.25) is 0 Å². The van der Waals surface area contributed by atoms with Crippen molar-refractivity contribution < 1.29 is 14.6 Å². The molecule has 0 aliphatic carbocycles. The number of carboxylic acids is 1. The summed E-state index contributed by atoms with van der Waals surface area (Å²) >= 11 is 0. The van der Waals surface area contributed by atoms with Crippen molar-refractivity contribution in [2.24, 2.45) is 0 Å². The molecule has 1 aromatic carbocycles. The van der Waals surface area contributed by atoms with Crippen molar-refractivity contribution in [1.29, 1.82) is 0 Å². The van der Waals surface area contributed by atoms with E-state index in [2.05, 4.69) is 0 Å². The van der Waals surface area contributed by atoms with Crippen LogP contribution < -0.4 is 10.2 Å². The average Bonchev–Trinajstić information content (AvgIpc) is 2.41. The summed E-state index contributed by atoms with van der Waals surface area (Å²) in [6.07, 6.45) is 3.36. The fraction of sp³-hybridized carbons (Fsp3) is 0.143. The first-order valence-electron chi connectivity index (χ1n) is 5.66. The summed E-state index contributed by atoms with van der Waals surface area (Å²) in [4.78, 5) is 22.0. The lowest BCUT2D eigenvalue weighted by atomic mass is 10.1. The maximum Gasteiger partial charge on any atom is 0.339 e. The van der Waals surface area contributed by atoms with Crippen molar-refractivity contribution in [3.8, 4) is 5.75 Å². The Balaban J connectivity index is 2.28. The van der Waals surface area contributed by atoms with E-state index in [0.717, 1.165) is 5.56 Å². The molecular weight excluding hydrogens is 246 g/mol. The van der Waals surface area contributed by atoms with Gasteiger partial charge in [-0.25, -0.2) is 4.79 Å². The van der Waals surface area contributed by atoms with Gasteiger partial charge in [-0.2, -0.15) is 0 Å². The number of methoxy groups -OCH3 is 1. The minimum Gasteiger partial charge on any atom is -0.496 e. The number of carbonyl (C=O) groups is 1. The summed E-state index contributed by atoms with van der Waals surface area (Å²) in [7, 11) is 1.44. The number of carboxylic acid groups (broad SMARTS) is 1. The predicted molar refractivity (Wildman–Crippen MR) is 69.8 cm³/mol. The molecule has 2 aromatic rings. The van der Waals surface area contributed by atoms with Crippen molar-refractivity contribution >= 4 is 5.97 Å². The van der Waals surface area contributed by atoms with Crippen LogP contribution in [-0.4, -0.2) is 22.8 Å². The molecule has 0 saturated carbocycles. The van der Waals surface area contributed by atoms with Gasteiger partial charge in [0.15, 0.2) is 5.43 Å². The van der Waals surface area contributed by atoms with Gasteiger partial charge in [0.05, 0.1) is 7.11 Å². The van der Waals surface area contributed by atoms with E-state index >= 15 is 0 Å². The monoisotopic (exact) mass is 259 g/mol. The molecule has 0 aliphatic rings. The molecule has 0 bridgehead atoms. The number of ether oxygens (including phenoxy) is 1. The molecule has 0 spiro atoms. The molecule has 0 atom stereocenters. The fourth-order valence-corrected chi connectivity index (χ4v) is 1.77. The number of aromatic nitrogens is 1. The number of pyridine rings is 1. The Morgan fingerprint density at radius 1 is 1.26 bits per heavy atom. The summed E-state index contributed by atoms with van der Waals surface area (Å²) in [6, 6.07) is 7.87. The first kappa shape index (κ1) is 12.9. The maximum atomic E-state index is 11.0. The highest BCUT2D eigenvalue weighted by molar-refractivity contribution is 5.90. The quantitative estimate of drug-likeness (QED) is 0.905. The Morgan fingerprint density at radius 3 is 2.53 bits per heavy atom. The smallest absolute Gasteiger partial charge is 0.339 e. The predicted octanol–water partition coefficient (Wildman–Crippen LogP) is 1.60. The van der Waals surface area contributed by atoms with Crippen molar-refractivity contribution in [3.05, 3.63) is 64.1 Å². The summed E-state index contributed by atoms with van der Waals surface area (Å²) in [5.74, 6) is -0.696. The van der Waals surface area contributed by atoms with Gasteiger partial charge in [0, 0.05) is 31.1 Å². The Morgan fingerprint density at radius 2 is 1.95 bits per heavy atom. The van der Waals surface area contributed by atoms with E-state index in [1.54, 1.807) is 24.5 Å². The number of benzene rings is 1. The van der Waals surface area contributed by atoms with Crippen LogP contribution in [0.1, 0.15) is 15.9 Å². The van der Waals surface area contributed by atoms with Crippen LogP contribution in [0, 0.1) is 0 Å². The topological polar surface area (TPSA) is 68.5 Å². The zero-order valence-electron chi connectivity index (χ0n) is 10.4. The number of aromatic carboxylic acids is 1. The lowest BCUT2D eigenvalue weighted by Crippen LogP contribution is -2.06. The number of nitrogens with zero attached hydrogens (tertiary/aromatic N) is 1. The molecule has 0 aliphatic heterocycles. The zero-order chi connectivity index (χ0) is 13.8. The molecule has 0 unspecified atom stereocenters. The molecule has 0 fully saturated rings. The number of hydrogen-bond donors (Lipinski definition) is 1. The SMILES string of the molecule is COc1cc(Cn2ccc(=O)cc2)ccc1C(=O)O. The Hall–Kier alpha value is -2.56. The Bertz CT molecular complexity index is 640. The molecule has 0 amide bonds. The molecular formula is C14H13NO4. The molecule has 19 heavy (non-hydrogen) atoms. The van der Waals surface area contributed by atoms with Crippen molar-refractivity contribution in [2.75, 3.05) is 7.11 Å². The minimum atomic E-state index is -1.02. The Kier molecular flexibility index (Phi) is 3.66. The minimum absolute atomic E-state index is 0.0462. The Labute approximate surface area is 109 Å². The third-order valence-corrected chi connectivity index (χ3v) is 2.72. The maximum absolute atomic E-state index is 11.0. The van der Waals surface area contributed by atoms with Gasteiger partial charge in [-0.15, -0.1) is 0 Å². The van der Waals surface area contributed by atoms with Gasteiger partial charge in [-0.1, -0.05) is 6.07 Å². The molecule has 1 N–H and O–H groups in total. The average molecular weight is 259 g/mol. The van der Waals surface area contributed by atoms with Gasteiger partial charge in [-0.3, -0.25) is 4.79 Å². The highest BCUT2D eigenvalue weighted by Crippen LogP contribution is 2.20. The van der Waals surface area contributed by atoms with Crippen LogP contribution in [-0.2, 0) is 6.54 Å². The standard InChI is InChI=1S/C14H13NO4/c1-19-13-8-10(2-3-12(13)14(17)18)9-15-6-4-11(16)5-7-15/h2-8H,9H2,1H3,(H,17,18). The van der Waals surface area contributed by atoms with Crippen molar-refractivity contribution in [2.45, 2.75) is 6.54 Å². The second kappa shape index (κ2) is 5.39. The molecule has 5 heteroatoms. The summed E-state index contributed by atoms with van der Waals surface area (Å²) in [5.41, 5.74) is 0.978. The lowest BCUT2D eigenvalue weighted by molar-refractivity contribution is 0.0693. The van der Waals surface area contributed by atoms with Crippen LogP contribution in [0.15, 0.2) is 47.5 Å². The first-order chi connectivity index (χ1) is 9.10. The lowest BCUT2D eigenvalue weighted by Gasteiger charge is -2.09. The molecule has 2 rings (SSSR count). The van der Waals surface area contributed by atoms with Gasteiger partial charge in [0.25, 0.3) is 0 Å². The molecule has 5 nitrogen and oxygen atoms in total. The van der Waals surface area contributed by atoms with Crippen LogP contribution >= 0.6 is 0 Å². The van der Waals surface area contributed by atoms with Gasteiger partial charge < -0.3 is 14.4 Å². The highest BCUT2D eigenvalue weighted by Gasteiger charge is 2.11. The molecule has 98 valence electrons. The fourth-order valence-electron chi connectivity index (χ4n) is 1.77. The van der Waals surface area contributed by atoms with E-state index in [1.807, 2.05) is 4.57 Å². The van der Waals surface area contributed by atoms with E-state index in [0.29, 0.717) is 12.3 Å². The highest BCUT2D eigenvalue weighted by atomic mass is 16.5. The summed E-state index contributed by atoms with van der Waals surface area (Å²) in [5, 5.41) is 8.99. The van der Waals surface area contributed by atoms with Gasteiger partial charge in [0.2, 0.25) is 0 Å². The largest absolute Gasteiger partial charge is 0.496 e. The summed E-state index contributed by atoms with van der Waals surface area (Å²) in [6.45, 7) is 0.538. The second-order valence-electron chi connectivity index (χ2n) is 4.05. The zero-order valence-corrected chi connectivity index (χ0v) is 10.4.